The summed E-state index contributed by atoms with van der Waals surface area (Å²) in [5.41, 5.74) is 6.37. The topological polar surface area (TPSA) is 72.5 Å². The van der Waals surface area contributed by atoms with Crippen LogP contribution >= 0.6 is 0 Å². The van der Waals surface area contributed by atoms with Gasteiger partial charge in [0.05, 0.1) is 33.9 Å². The van der Waals surface area contributed by atoms with Gasteiger partial charge in [-0.25, -0.2) is 0 Å². The molecule has 1 fully saturated rings. The van der Waals surface area contributed by atoms with E-state index in [-0.39, 0.29) is 30.5 Å². The molecule has 0 saturated carbocycles. The molecule has 202 valence electrons. The number of ether oxygens (including phenoxy) is 6. The first kappa shape index (κ1) is 25.2. The van der Waals surface area contributed by atoms with Crippen LogP contribution < -0.4 is 23.7 Å². The van der Waals surface area contributed by atoms with Crippen molar-refractivity contribution in [3.8, 4) is 28.7 Å². The van der Waals surface area contributed by atoms with Gasteiger partial charge in [-0.15, -0.1) is 0 Å². The molecule has 3 aromatic rings. The van der Waals surface area contributed by atoms with E-state index in [0.29, 0.717) is 35.4 Å². The summed E-state index contributed by atoms with van der Waals surface area (Å²) in [6.07, 6.45) is 0. The van der Waals surface area contributed by atoms with E-state index >= 15 is 0 Å². The Hall–Kier alpha value is -4.13. The molecule has 0 N–H and O–H groups in total. The maximum atomic E-state index is 13.6. The molecular formula is C32H32O7. The van der Waals surface area contributed by atoms with Crippen LogP contribution in [0.4, 0.5) is 0 Å². The summed E-state index contributed by atoms with van der Waals surface area (Å²) in [5, 5.41) is 0. The Morgan fingerprint density at radius 3 is 2.15 bits per heavy atom. The van der Waals surface area contributed by atoms with Crippen LogP contribution in [0.5, 0.6) is 28.7 Å². The largest absolute Gasteiger partial charge is 0.493 e. The molecule has 1 saturated heterocycles. The number of allylic oxidation sites excluding steroid dienone is 1. The van der Waals surface area contributed by atoms with Crippen LogP contribution in [0.3, 0.4) is 0 Å². The van der Waals surface area contributed by atoms with Crippen molar-refractivity contribution in [3.05, 3.63) is 76.9 Å². The average Bonchev–Trinajstić information content (AvgIpc) is 3.57. The maximum Gasteiger partial charge on any atom is 0.310 e. The normalized spacial score (nSPS) is 22.2. The molecule has 2 heterocycles. The molecule has 1 aliphatic carbocycles. The van der Waals surface area contributed by atoms with Gasteiger partial charge >= 0.3 is 5.97 Å². The molecule has 2 aliphatic heterocycles. The number of methoxy groups -OCH3 is 3. The fourth-order valence-corrected chi connectivity index (χ4v) is 6.44. The Bertz CT molecular complexity index is 1430. The van der Waals surface area contributed by atoms with Gasteiger partial charge in [-0.05, 0) is 63.6 Å². The smallest absolute Gasteiger partial charge is 0.310 e. The Balaban J connectivity index is 1.68. The van der Waals surface area contributed by atoms with E-state index in [9.17, 15) is 4.79 Å². The van der Waals surface area contributed by atoms with Crippen molar-refractivity contribution >= 4 is 17.1 Å². The summed E-state index contributed by atoms with van der Waals surface area (Å²) >= 11 is 0. The molecule has 0 aromatic heterocycles. The van der Waals surface area contributed by atoms with Crippen molar-refractivity contribution in [2.75, 3.05) is 34.7 Å². The quantitative estimate of drug-likeness (QED) is 0.367. The fourth-order valence-electron chi connectivity index (χ4n) is 6.44. The zero-order valence-electron chi connectivity index (χ0n) is 22.8. The van der Waals surface area contributed by atoms with E-state index in [1.165, 1.54) is 5.57 Å². The van der Waals surface area contributed by atoms with Gasteiger partial charge in [0, 0.05) is 11.8 Å². The molecule has 0 unspecified atom stereocenters. The zero-order valence-corrected chi connectivity index (χ0v) is 22.8. The first-order chi connectivity index (χ1) is 19.0. The van der Waals surface area contributed by atoms with Crippen molar-refractivity contribution in [3.63, 3.8) is 0 Å². The second-order valence-corrected chi connectivity index (χ2v) is 10.3. The molecule has 3 aromatic carbocycles. The highest BCUT2D eigenvalue weighted by Crippen LogP contribution is 2.58. The van der Waals surface area contributed by atoms with Crippen molar-refractivity contribution in [1.82, 2.24) is 0 Å². The van der Waals surface area contributed by atoms with Crippen LogP contribution in [0.15, 0.2) is 54.6 Å². The number of esters is 1. The number of hydrogen-bond donors (Lipinski definition) is 0. The van der Waals surface area contributed by atoms with Crippen molar-refractivity contribution in [2.24, 2.45) is 17.8 Å². The van der Waals surface area contributed by atoms with Gasteiger partial charge in [0.15, 0.2) is 23.0 Å². The highest BCUT2D eigenvalue weighted by molar-refractivity contribution is 5.98. The van der Waals surface area contributed by atoms with Gasteiger partial charge < -0.3 is 28.4 Å². The van der Waals surface area contributed by atoms with E-state index in [0.717, 1.165) is 27.8 Å². The Labute approximate surface area is 228 Å². The standard InChI is InChI=1S/C32H32O7/c1-17(2)27(18-9-7-6-8-10-18)29-21-14-24-23(38-16-39-24)13-20(21)28(30-22(29)15-37-32(30)33)19-11-25(34-3)31(36-5)26(12-19)35-4/h6-14,17,22,28,30H,15-16H2,1-5H3/b29-27-/t22-,28-,30+/m1/s1. The lowest BCUT2D eigenvalue weighted by atomic mass is 9.63. The summed E-state index contributed by atoms with van der Waals surface area (Å²) in [7, 11) is 4.77. The monoisotopic (exact) mass is 528 g/mol. The molecule has 0 bridgehead atoms. The molecule has 3 aliphatic rings. The van der Waals surface area contributed by atoms with Crippen LogP contribution in [-0.4, -0.2) is 40.7 Å². The third-order valence-corrected chi connectivity index (χ3v) is 8.01. The van der Waals surface area contributed by atoms with Crippen LogP contribution in [0, 0.1) is 17.8 Å². The molecule has 3 atom stereocenters. The second kappa shape index (κ2) is 9.88. The number of rotatable bonds is 6. The summed E-state index contributed by atoms with van der Waals surface area (Å²) < 4.78 is 34.4. The second-order valence-electron chi connectivity index (χ2n) is 10.3. The molecule has 0 radical (unpaired) electrons. The summed E-state index contributed by atoms with van der Waals surface area (Å²) in [6, 6.07) is 18.3. The molecule has 6 rings (SSSR count). The van der Waals surface area contributed by atoms with Crippen LogP contribution in [0.2, 0.25) is 0 Å². The van der Waals surface area contributed by atoms with Gasteiger partial charge in [0.25, 0.3) is 0 Å². The summed E-state index contributed by atoms with van der Waals surface area (Å²) in [5.74, 6) is 2.02. The van der Waals surface area contributed by atoms with Gasteiger partial charge in [-0.1, -0.05) is 44.2 Å². The number of fused-ring (bicyclic) bond motifs is 3. The molecule has 7 nitrogen and oxygen atoms in total. The highest BCUT2D eigenvalue weighted by Gasteiger charge is 2.51. The fraction of sp³-hybridized carbons (Fsp3) is 0.344. The third-order valence-electron chi connectivity index (χ3n) is 8.01. The van der Waals surface area contributed by atoms with E-state index in [2.05, 4.69) is 32.0 Å². The minimum Gasteiger partial charge on any atom is -0.493 e. The van der Waals surface area contributed by atoms with E-state index < -0.39 is 5.92 Å². The van der Waals surface area contributed by atoms with Crippen LogP contribution in [0.1, 0.15) is 42.0 Å². The number of carbonyl (C=O) groups excluding carboxylic acids is 1. The molecule has 0 spiro atoms. The van der Waals surface area contributed by atoms with Crippen LogP contribution in [-0.2, 0) is 9.53 Å². The highest BCUT2D eigenvalue weighted by atomic mass is 16.7. The molecule has 39 heavy (non-hydrogen) atoms. The first-order valence-electron chi connectivity index (χ1n) is 13.2. The van der Waals surface area contributed by atoms with Gasteiger partial charge in [0.1, 0.15) is 0 Å². The Kier molecular flexibility index (Phi) is 6.37. The summed E-state index contributed by atoms with van der Waals surface area (Å²) in [4.78, 5) is 13.6. The first-order valence-corrected chi connectivity index (χ1v) is 13.2. The van der Waals surface area contributed by atoms with Crippen molar-refractivity contribution in [2.45, 2.75) is 19.8 Å². The Morgan fingerprint density at radius 1 is 0.872 bits per heavy atom. The van der Waals surface area contributed by atoms with E-state index in [1.54, 1.807) is 21.3 Å². The zero-order chi connectivity index (χ0) is 27.3. The van der Waals surface area contributed by atoms with E-state index in [1.807, 2.05) is 36.4 Å². The van der Waals surface area contributed by atoms with Gasteiger partial charge in [-0.3, -0.25) is 4.79 Å². The van der Waals surface area contributed by atoms with E-state index in [4.69, 9.17) is 28.4 Å². The SMILES string of the molecule is COc1cc([C@@H]2c3cc4c(cc3/C(=C(/c3ccccc3)C(C)C)[C@H]3COC(=O)[C@H]23)OCO4)cc(OC)c1OC. The van der Waals surface area contributed by atoms with Gasteiger partial charge in [-0.2, -0.15) is 0 Å². The number of carbonyl (C=O) groups is 1. The lowest BCUT2D eigenvalue weighted by molar-refractivity contribution is -0.141. The minimum atomic E-state index is -0.437. The predicted octanol–water partition coefficient (Wildman–Crippen LogP) is 5.94. The Morgan fingerprint density at radius 2 is 1.54 bits per heavy atom. The predicted molar refractivity (Wildman–Crippen MR) is 147 cm³/mol. The number of cyclic esters (lactones) is 1. The number of hydrogen-bond acceptors (Lipinski definition) is 7. The maximum absolute atomic E-state index is 13.6. The van der Waals surface area contributed by atoms with Crippen molar-refractivity contribution < 1.29 is 33.2 Å². The average molecular weight is 529 g/mol. The summed E-state index contributed by atoms with van der Waals surface area (Å²) in [6.45, 7) is 4.87. The number of benzene rings is 3. The van der Waals surface area contributed by atoms with Gasteiger partial charge in [0.2, 0.25) is 12.5 Å². The molecular weight excluding hydrogens is 496 g/mol. The van der Waals surface area contributed by atoms with Crippen LogP contribution in [0.25, 0.3) is 11.1 Å². The molecule has 7 heteroatoms. The lowest BCUT2D eigenvalue weighted by Gasteiger charge is -2.38. The van der Waals surface area contributed by atoms with Crippen molar-refractivity contribution in [1.29, 1.82) is 0 Å². The third kappa shape index (κ3) is 3.99. The lowest BCUT2D eigenvalue weighted by Crippen LogP contribution is -2.32. The minimum absolute atomic E-state index is 0.146. The molecule has 0 amide bonds.